The van der Waals surface area contributed by atoms with Crippen LogP contribution < -0.4 is 5.73 Å². The van der Waals surface area contributed by atoms with E-state index in [1.807, 2.05) is 13.8 Å². The van der Waals surface area contributed by atoms with Crippen molar-refractivity contribution in [3.05, 3.63) is 47.5 Å². The third-order valence-electron chi connectivity index (χ3n) is 10.4. The van der Waals surface area contributed by atoms with Crippen molar-refractivity contribution in [3.8, 4) is 23.0 Å². The highest BCUT2D eigenvalue weighted by Crippen LogP contribution is 2.35. The molecule has 4 amide bonds. The lowest BCUT2D eigenvalue weighted by atomic mass is 10.00. The topological polar surface area (TPSA) is 283 Å². The Kier molecular flexibility index (Phi) is 40.7. The van der Waals surface area contributed by atoms with Crippen LogP contribution >= 0.6 is 120 Å². The number of imide groups is 2. The number of rotatable bonds is 22. The zero-order valence-electron chi connectivity index (χ0n) is 46.2. The summed E-state index contributed by atoms with van der Waals surface area (Å²) in [4.78, 5) is 83.7. The summed E-state index contributed by atoms with van der Waals surface area (Å²) in [6, 6.07) is 9.49. The van der Waals surface area contributed by atoms with Crippen LogP contribution in [0.5, 0.6) is 23.0 Å². The van der Waals surface area contributed by atoms with Gasteiger partial charge in [-0.05, 0) is 139 Å². The molecule has 446 valence electrons. The van der Waals surface area contributed by atoms with Gasteiger partial charge in [0, 0.05) is 32.1 Å². The number of thioether (sulfide) groups is 6. The molecule has 8 N–H and O–H groups in total. The first-order valence-electron chi connectivity index (χ1n) is 25.1. The maximum Gasteiger partial charge on any atom is 0.348 e. The number of carboxylic acid groups (broad SMARTS) is 1. The zero-order valence-corrected chi connectivity index (χ0v) is 54.4. The molecule has 0 atom stereocenters. The van der Waals surface area contributed by atoms with Gasteiger partial charge in [-0.1, -0.05) is 124 Å². The van der Waals surface area contributed by atoms with Gasteiger partial charge in [-0.15, -0.1) is 52.8 Å². The first kappa shape index (κ1) is 78.2. The number of benzene rings is 2. The average Bonchev–Trinajstić information content (AvgIpc) is 3.83. The third kappa shape index (κ3) is 33.1. The first-order valence-corrected chi connectivity index (χ1v) is 31.7. The summed E-state index contributed by atoms with van der Waals surface area (Å²) in [7, 11) is 0. The number of aryl methyl sites for hydroxylation is 1. The van der Waals surface area contributed by atoms with Crippen LogP contribution in [0.15, 0.2) is 36.4 Å². The van der Waals surface area contributed by atoms with E-state index in [4.69, 9.17) is 67.8 Å². The summed E-state index contributed by atoms with van der Waals surface area (Å²) in [5.41, 5.74) is 7.15. The van der Waals surface area contributed by atoms with Crippen molar-refractivity contribution in [3.63, 3.8) is 0 Å². The number of amides is 4. The van der Waals surface area contributed by atoms with Gasteiger partial charge in [-0.3, -0.25) is 34.0 Å². The summed E-state index contributed by atoms with van der Waals surface area (Å²) in [6.45, 7) is 17.5. The lowest BCUT2D eigenvalue weighted by Crippen LogP contribution is -2.40. The van der Waals surface area contributed by atoms with Gasteiger partial charge in [0.2, 0.25) is 0 Å². The van der Waals surface area contributed by atoms with E-state index in [0.29, 0.717) is 40.8 Å². The Labute approximate surface area is 513 Å². The molecule has 27 heteroatoms. The number of hydrogen-bond donors (Lipinski definition) is 7. The second-order valence-electron chi connectivity index (χ2n) is 18.5. The molecule has 0 aliphatic carbocycles. The third-order valence-corrected chi connectivity index (χ3v) is 18.8. The monoisotopic (exact) mass is 1290 g/mol. The van der Waals surface area contributed by atoms with E-state index in [2.05, 4.69) is 20.8 Å². The molecule has 2 aliphatic rings. The minimum absolute atomic E-state index is 0. The van der Waals surface area contributed by atoms with Crippen LogP contribution in [0.2, 0.25) is 0 Å². The quantitative estimate of drug-likeness (QED) is 0.0190. The fraction of sp³-hybridized carbons (Fsp3) is 0.577. The van der Waals surface area contributed by atoms with E-state index in [1.165, 1.54) is 65.2 Å². The highest BCUT2D eigenvalue weighted by Gasteiger charge is 2.39. The summed E-state index contributed by atoms with van der Waals surface area (Å²) in [6.07, 6.45) is 9.77. The van der Waals surface area contributed by atoms with E-state index >= 15 is 0 Å². The van der Waals surface area contributed by atoms with Crippen molar-refractivity contribution < 1.29 is 69.1 Å². The van der Waals surface area contributed by atoms with Crippen molar-refractivity contribution in [2.45, 2.75) is 166 Å². The minimum Gasteiger partial charge on any atom is -0.504 e. The second kappa shape index (κ2) is 41.2. The Balaban J connectivity index is 0. The van der Waals surface area contributed by atoms with Crippen LogP contribution in [0.25, 0.3) is 0 Å². The molecule has 0 saturated carbocycles. The number of carbonyl (C=O) groups excluding carboxylic acids is 6. The smallest absolute Gasteiger partial charge is 0.348 e. The number of unbranched alkanes of at least 4 members (excludes halogenated alkanes) is 3. The lowest BCUT2D eigenvalue weighted by Gasteiger charge is -2.23. The molecule has 79 heavy (non-hydrogen) atoms. The van der Waals surface area contributed by atoms with Crippen LogP contribution in [0, 0.1) is 0 Å². The predicted octanol–water partition coefficient (Wildman–Crippen LogP) is 12.2. The lowest BCUT2D eigenvalue weighted by molar-refractivity contribution is -0.198. The Bertz CT molecular complexity index is 2310. The Hall–Kier alpha value is -2.89. The van der Waals surface area contributed by atoms with Crippen LogP contribution in [0.3, 0.4) is 0 Å². The molecule has 0 bridgehead atoms. The largest absolute Gasteiger partial charge is 0.504 e. The summed E-state index contributed by atoms with van der Waals surface area (Å²) < 4.78 is -0.0380. The number of Topliss-reactive ketones (excluding diaryl/α,β-unsaturated/α-hetero) is 1. The van der Waals surface area contributed by atoms with Gasteiger partial charge in [0.15, 0.2) is 23.0 Å². The summed E-state index contributed by atoms with van der Waals surface area (Å²) >= 11 is 24.4. The molecule has 2 heterocycles. The van der Waals surface area contributed by atoms with Crippen molar-refractivity contribution >= 4 is 172 Å². The van der Waals surface area contributed by atoms with E-state index in [0.717, 1.165) is 74.0 Å². The van der Waals surface area contributed by atoms with E-state index < -0.39 is 49.8 Å². The van der Waals surface area contributed by atoms with Crippen molar-refractivity contribution in [1.29, 1.82) is 0 Å². The molecule has 2 aliphatic heterocycles. The van der Waals surface area contributed by atoms with E-state index in [9.17, 15) is 43.8 Å². The van der Waals surface area contributed by atoms with E-state index in [-0.39, 0.29) is 71.9 Å². The number of nitrogens with two attached hydrogens (primary N) is 1. The predicted molar refractivity (Wildman–Crippen MR) is 340 cm³/mol. The van der Waals surface area contributed by atoms with Crippen LogP contribution in [0.4, 0.5) is 0 Å². The Morgan fingerprint density at radius 1 is 0.582 bits per heavy atom. The maximum atomic E-state index is 12.5. The number of ketones is 1. The number of hydrogen-bond acceptors (Lipinski definition) is 23. The number of phenolic OH excluding ortho intramolecular Hbond substituents is 4. The highest BCUT2D eigenvalue weighted by molar-refractivity contribution is 8.48. The number of carboxylic acids is 1. The van der Waals surface area contributed by atoms with Gasteiger partial charge in [0.05, 0.1) is 4.75 Å². The van der Waals surface area contributed by atoms with Gasteiger partial charge in [0.25, 0.3) is 23.6 Å². The molecule has 2 aromatic carbocycles. The average molecular weight is 1290 g/mol. The van der Waals surface area contributed by atoms with Crippen molar-refractivity contribution in [2.24, 2.45) is 5.73 Å². The standard InChI is InChI=1S/C18H26O3S3.C13H19NO4S3.C9H16O2S3.C8H11NO2.C4H5NO3.ClH/c1-4-5-11-23-17(22)24-18(2,3)16(21)8-6-7-13-9-10-14(19)15(20)12-13;1-4-5-8-20-12(19)21-13(2,3)11(17)18-14-9(15)6-7-10(14)16;1-4-5-6-13-8(12)14-9(2,3)7(10)11;9-4-3-6-1-2-7(10)8(11)5-6;6-3-1-2-4(7)5(3)8;/h9-10,12,19-20H,4-8,11H2,1-3H3;4-8H2,1-3H3;4-6H2,1-3H3,(H,10,11);1-2,5,10-11H,3-4,9H2;8H,1-2H2;1H. The second-order valence-corrected chi connectivity index (χ2v) is 30.3. The molecule has 2 fully saturated rings. The fourth-order valence-electron chi connectivity index (χ4n) is 5.54. The molecule has 2 saturated heterocycles. The molecule has 0 aromatic heterocycles. The zero-order chi connectivity index (χ0) is 59.8. The van der Waals surface area contributed by atoms with Gasteiger partial charge < -0.3 is 36.1 Å². The van der Waals surface area contributed by atoms with Gasteiger partial charge in [0.1, 0.15) is 25.9 Å². The van der Waals surface area contributed by atoms with Crippen LogP contribution in [0.1, 0.15) is 150 Å². The molecule has 0 unspecified atom stereocenters. The van der Waals surface area contributed by atoms with Crippen molar-refractivity contribution in [2.75, 3.05) is 23.8 Å². The number of aliphatic carboxylic acids is 1. The molecule has 0 spiro atoms. The van der Waals surface area contributed by atoms with Gasteiger partial charge in [-0.25, -0.2) is 4.79 Å². The van der Waals surface area contributed by atoms with Crippen molar-refractivity contribution in [1.82, 2.24) is 10.1 Å². The fourth-order valence-corrected chi connectivity index (χ4v) is 15.0. The molecule has 17 nitrogen and oxygen atoms in total. The molecular weight excluding hydrogens is 1210 g/mol. The molecule has 0 radical (unpaired) electrons. The summed E-state index contributed by atoms with van der Waals surface area (Å²) in [5, 5.41) is 54.8. The van der Waals surface area contributed by atoms with Crippen LogP contribution in [-0.4, -0.2) is 131 Å². The number of nitrogens with zero attached hydrogens (tertiary/aromatic N) is 2. The maximum absolute atomic E-state index is 12.5. The SMILES string of the molecule is CCCCSC(=S)SC(C)(C)C(=O)CCCc1ccc(O)c(O)c1.CCCCSC(=S)SC(C)(C)C(=O)O.CCCCSC(=S)SC(C)(C)C(=O)ON1C(=O)CCC1=O.Cl.NCCc1ccc(O)c(O)c1.O=C1CCC(=O)N1O. The van der Waals surface area contributed by atoms with Gasteiger partial charge >= 0.3 is 11.9 Å². The number of halogens is 1. The molecule has 4 rings (SSSR count). The number of hydroxylamine groups is 4. The molecule has 2 aromatic rings. The summed E-state index contributed by atoms with van der Waals surface area (Å²) in [5.74, 6) is -0.754. The van der Waals surface area contributed by atoms with Crippen LogP contribution in [-0.2, 0) is 51.2 Å². The molecular formula is C52H78ClN3O14S9. The minimum atomic E-state index is -0.945. The van der Waals surface area contributed by atoms with Gasteiger partial charge in [-0.2, -0.15) is 5.06 Å². The van der Waals surface area contributed by atoms with E-state index in [1.54, 1.807) is 69.4 Å². The normalized spacial score (nSPS) is 13.1. The first-order chi connectivity index (χ1) is 36.4. The Morgan fingerprint density at radius 3 is 1.29 bits per heavy atom. The number of carbonyl (C=O) groups is 7. The Morgan fingerprint density at radius 2 is 0.949 bits per heavy atom. The number of phenols is 4. The number of aromatic hydroxyl groups is 4. The number of thiocarbonyl (C=S) groups is 3. The highest BCUT2D eigenvalue weighted by atomic mass is 35.5.